The number of aromatic nitrogens is 2. The average Bonchev–Trinajstić information content (AvgIpc) is 3.90. The van der Waals surface area contributed by atoms with E-state index in [9.17, 15) is 32.4 Å². The van der Waals surface area contributed by atoms with Gasteiger partial charge >= 0.3 is 6.09 Å². The maximum Gasteiger partial charge on any atom is 0.408 e. The molecule has 1 saturated heterocycles. The minimum atomic E-state index is -3.90. The first-order valence-corrected chi connectivity index (χ1v) is 16.8. The average molecular weight is 661 g/mol. The van der Waals surface area contributed by atoms with Gasteiger partial charge in [-0.2, -0.15) is 5.10 Å². The molecule has 1 aromatic rings. The molecule has 4 bridgehead atoms. The fourth-order valence-electron chi connectivity index (χ4n) is 5.79. The Morgan fingerprint density at radius 3 is 2.54 bits per heavy atom. The van der Waals surface area contributed by atoms with Crippen molar-refractivity contribution < 1.29 is 37.1 Å². The summed E-state index contributed by atoms with van der Waals surface area (Å²) >= 11 is 0. The van der Waals surface area contributed by atoms with Crippen LogP contribution in [0.15, 0.2) is 41.9 Å². The highest BCUT2D eigenvalue weighted by Gasteiger charge is 2.62. The summed E-state index contributed by atoms with van der Waals surface area (Å²) in [5.74, 6) is -2.50. The topological polar surface area (TPSA) is 195 Å². The van der Waals surface area contributed by atoms with Crippen LogP contribution in [0.1, 0.15) is 58.9 Å². The number of ether oxygens (including phenoxy) is 2. The number of sulfonamides is 1. The number of hydrogen-bond acceptors (Lipinski definition) is 10. The summed E-state index contributed by atoms with van der Waals surface area (Å²) in [6, 6.07) is -1.81. The molecule has 1 aromatic heterocycles. The summed E-state index contributed by atoms with van der Waals surface area (Å²) in [7, 11) is -3.90. The molecule has 3 fully saturated rings. The van der Waals surface area contributed by atoms with Crippen molar-refractivity contribution in [3.63, 3.8) is 0 Å². The van der Waals surface area contributed by atoms with E-state index in [2.05, 4.69) is 27.0 Å². The third kappa shape index (κ3) is 6.95. The molecule has 46 heavy (non-hydrogen) atoms. The summed E-state index contributed by atoms with van der Waals surface area (Å²) in [6.45, 7) is 9.02. The molecule has 0 spiro atoms. The minimum Gasteiger partial charge on any atom is -0.491 e. The van der Waals surface area contributed by atoms with Gasteiger partial charge in [-0.3, -0.25) is 23.9 Å². The third-order valence-corrected chi connectivity index (χ3v) is 10.5. The molecular formula is C30H40N6O9S. The quantitative estimate of drug-likeness (QED) is 0.362. The molecule has 6 rings (SSSR count). The molecule has 3 aliphatic heterocycles. The van der Waals surface area contributed by atoms with Gasteiger partial charge in [0.2, 0.25) is 21.8 Å². The van der Waals surface area contributed by atoms with Gasteiger partial charge in [0, 0.05) is 24.9 Å². The number of nitrogens with one attached hydrogen (secondary N) is 3. The summed E-state index contributed by atoms with van der Waals surface area (Å²) in [4.78, 5) is 68.7. The van der Waals surface area contributed by atoms with Crippen LogP contribution in [0.2, 0.25) is 0 Å². The Bertz CT molecular complexity index is 1610. The Morgan fingerprint density at radius 2 is 1.91 bits per heavy atom. The second-order valence-corrected chi connectivity index (χ2v) is 15.2. The highest BCUT2D eigenvalue weighted by molar-refractivity contribution is 7.91. The molecular weight excluding hydrogens is 620 g/mol. The number of fused-ring (bicyclic) bond motifs is 11. The Morgan fingerprint density at radius 1 is 1.17 bits per heavy atom. The van der Waals surface area contributed by atoms with Gasteiger partial charge in [-0.15, -0.1) is 6.58 Å². The molecule has 2 aliphatic carbocycles. The SMILES string of the molecule is C=C[C@@H]1C[C@]1(NC(=O)[C@@H]1C[C@@H]2CN1C(=O)[C@H](C(C)(C)C)NC(=O)OC/C=C/CCOc1cnn2c(=O)c1)C(=O)NS(=O)(=O)C1CC1. The Labute approximate surface area is 266 Å². The first-order chi connectivity index (χ1) is 21.7. The normalized spacial score (nSPS) is 29.3. The Kier molecular flexibility index (Phi) is 9.03. The molecule has 15 nitrogen and oxygen atoms in total. The van der Waals surface area contributed by atoms with Gasteiger partial charge in [-0.05, 0) is 31.1 Å². The van der Waals surface area contributed by atoms with Crippen molar-refractivity contribution in [3.05, 3.63) is 47.4 Å². The smallest absolute Gasteiger partial charge is 0.408 e. The van der Waals surface area contributed by atoms with Crippen molar-refractivity contribution in [2.24, 2.45) is 11.3 Å². The van der Waals surface area contributed by atoms with Gasteiger partial charge in [-0.25, -0.2) is 17.9 Å². The number of amides is 4. The summed E-state index contributed by atoms with van der Waals surface area (Å²) in [5.41, 5.74) is -2.91. The van der Waals surface area contributed by atoms with Gasteiger partial charge in [0.05, 0.1) is 24.1 Å². The van der Waals surface area contributed by atoms with Gasteiger partial charge in [0.25, 0.3) is 11.5 Å². The van der Waals surface area contributed by atoms with E-state index >= 15 is 0 Å². The van der Waals surface area contributed by atoms with E-state index < -0.39 is 79.6 Å². The van der Waals surface area contributed by atoms with E-state index in [4.69, 9.17) is 9.47 Å². The number of hydrogen-bond donors (Lipinski definition) is 3. The predicted octanol–water partition coefficient (Wildman–Crippen LogP) is 0.534. The lowest BCUT2D eigenvalue weighted by molar-refractivity contribution is -0.142. The van der Waals surface area contributed by atoms with Crippen LogP contribution in [0.5, 0.6) is 5.75 Å². The molecule has 0 aromatic carbocycles. The Balaban J connectivity index is 1.47. The molecule has 0 unspecified atom stereocenters. The maximum atomic E-state index is 14.2. The van der Waals surface area contributed by atoms with E-state index in [0.717, 1.165) is 0 Å². The van der Waals surface area contributed by atoms with Crippen LogP contribution in [0.4, 0.5) is 4.79 Å². The summed E-state index contributed by atoms with van der Waals surface area (Å²) in [6.07, 6.45) is 6.82. The van der Waals surface area contributed by atoms with Crippen LogP contribution in [0.3, 0.4) is 0 Å². The number of rotatable bonds is 6. The van der Waals surface area contributed by atoms with E-state index in [1.807, 2.05) is 0 Å². The van der Waals surface area contributed by atoms with Crippen molar-refractivity contribution in [2.75, 3.05) is 19.8 Å². The minimum absolute atomic E-state index is 0.0489. The van der Waals surface area contributed by atoms with Crippen molar-refractivity contribution in [2.45, 2.75) is 81.8 Å². The van der Waals surface area contributed by atoms with Crippen LogP contribution in [0, 0.1) is 11.3 Å². The van der Waals surface area contributed by atoms with Crippen molar-refractivity contribution in [3.8, 4) is 5.75 Å². The van der Waals surface area contributed by atoms with Crippen molar-refractivity contribution in [1.82, 2.24) is 30.0 Å². The maximum absolute atomic E-state index is 14.2. The van der Waals surface area contributed by atoms with Gasteiger partial charge in [0.15, 0.2) is 0 Å². The lowest BCUT2D eigenvalue weighted by Gasteiger charge is -2.35. The summed E-state index contributed by atoms with van der Waals surface area (Å²) in [5, 5.41) is 8.95. The lowest BCUT2D eigenvalue weighted by Crippen LogP contribution is -2.60. The van der Waals surface area contributed by atoms with E-state index in [0.29, 0.717) is 19.3 Å². The van der Waals surface area contributed by atoms with Crippen LogP contribution in [0.25, 0.3) is 0 Å². The second-order valence-electron chi connectivity index (χ2n) is 13.2. The lowest BCUT2D eigenvalue weighted by atomic mass is 9.85. The standard InChI is InChI=1S/C30H40N6O9S/c1-5-18-15-30(18,27(40)34-46(42,43)21-9-10-21)33-25(38)22-13-19-17-35(22)26(39)24(29(2,3)4)32-28(41)45-12-8-6-7-11-44-20-14-23(37)36(19)31-16-20/h5-6,8,14,16,18-19,21-22,24H,1,7,9-13,15,17H2,2-4H3,(H,32,41)(H,33,38)(H,34,40)/b8-6+/t18-,19-,22+,24-,30-/m1/s1. The number of alkyl carbamates (subject to hydrolysis) is 1. The fourth-order valence-corrected chi connectivity index (χ4v) is 7.15. The largest absolute Gasteiger partial charge is 0.491 e. The molecule has 0 radical (unpaired) electrons. The molecule has 16 heteroatoms. The zero-order valence-corrected chi connectivity index (χ0v) is 26.9. The molecule has 2 saturated carbocycles. The van der Waals surface area contributed by atoms with Crippen molar-refractivity contribution >= 4 is 33.8 Å². The van der Waals surface area contributed by atoms with Crippen LogP contribution in [-0.4, -0.2) is 89.5 Å². The van der Waals surface area contributed by atoms with Gasteiger partial charge in [0.1, 0.15) is 30.0 Å². The predicted molar refractivity (Wildman–Crippen MR) is 164 cm³/mol. The zero-order valence-electron chi connectivity index (χ0n) is 26.1. The monoisotopic (exact) mass is 660 g/mol. The van der Waals surface area contributed by atoms with E-state index in [1.165, 1.54) is 27.9 Å². The van der Waals surface area contributed by atoms with Crippen LogP contribution in [-0.2, 0) is 29.1 Å². The number of nitrogens with zero attached hydrogens (tertiary/aromatic N) is 3. The molecule has 5 atom stereocenters. The van der Waals surface area contributed by atoms with Gasteiger partial charge in [-0.1, -0.05) is 39.0 Å². The molecule has 250 valence electrons. The van der Waals surface area contributed by atoms with E-state index in [-0.39, 0.29) is 38.3 Å². The Hall–Kier alpha value is -4.21. The fraction of sp³-hybridized carbons (Fsp3) is 0.600. The third-order valence-electron chi connectivity index (χ3n) is 8.67. The van der Waals surface area contributed by atoms with Gasteiger partial charge < -0.3 is 25.0 Å². The molecule has 3 N–H and O–H groups in total. The first-order valence-electron chi connectivity index (χ1n) is 15.3. The molecule has 4 heterocycles. The summed E-state index contributed by atoms with van der Waals surface area (Å²) < 4.78 is 39.3. The molecule has 5 aliphatic rings. The highest BCUT2D eigenvalue weighted by Crippen LogP contribution is 2.45. The van der Waals surface area contributed by atoms with Crippen LogP contribution < -0.4 is 25.7 Å². The molecule has 4 amide bonds. The van der Waals surface area contributed by atoms with Crippen molar-refractivity contribution in [1.29, 1.82) is 0 Å². The highest BCUT2D eigenvalue weighted by atomic mass is 32.2. The first kappa shape index (κ1) is 33.2. The van der Waals surface area contributed by atoms with Crippen LogP contribution >= 0.6 is 0 Å². The number of carbonyl (C=O) groups is 4. The zero-order chi connectivity index (χ0) is 33.4. The number of carbonyl (C=O) groups excluding carboxylic acids is 4. The van der Waals surface area contributed by atoms with E-state index in [1.54, 1.807) is 32.9 Å². The second kappa shape index (κ2) is 12.5.